The van der Waals surface area contributed by atoms with E-state index in [1.54, 1.807) is 6.07 Å². The lowest BCUT2D eigenvalue weighted by Gasteiger charge is -2.27. The molecule has 1 heterocycles. The van der Waals surface area contributed by atoms with Gasteiger partial charge in [0.2, 0.25) is 10.0 Å². The van der Waals surface area contributed by atoms with Crippen LogP contribution in [0.2, 0.25) is 0 Å². The smallest absolute Gasteiger partial charge is 0.241 e. The molecule has 2 rings (SSSR count). The molecule has 1 saturated carbocycles. The van der Waals surface area contributed by atoms with E-state index in [1.807, 2.05) is 12.4 Å². The Labute approximate surface area is 119 Å². The van der Waals surface area contributed by atoms with Gasteiger partial charge in [-0.3, -0.25) is 0 Å². The normalized spacial score (nSPS) is 24.5. The van der Waals surface area contributed by atoms with Crippen molar-refractivity contribution in [1.82, 2.24) is 10.0 Å². The summed E-state index contributed by atoms with van der Waals surface area (Å²) in [5.74, 6) is 0.612. The fourth-order valence-corrected chi connectivity index (χ4v) is 5.42. The first-order valence-corrected chi connectivity index (χ1v) is 9.12. The molecule has 2 unspecified atom stereocenters. The van der Waals surface area contributed by atoms with E-state index in [0.29, 0.717) is 17.4 Å². The molecule has 108 valence electrons. The van der Waals surface area contributed by atoms with E-state index in [9.17, 15) is 8.42 Å². The van der Waals surface area contributed by atoms with Gasteiger partial charge in [-0.15, -0.1) is 11.3 Å². The SMILES string of the molecule is CNCc1sccc1S(=O)(=O)NC1CCCC(C)C1. The Bertz CT molecular complexity index is 510. The lowest BCUT2D eigenvalue weighted by molar-refractivity contribution is 0.327. The zero-order chi connectivity index (χ0) is 13.9. The van der Waals surface area contributed by atoms with Crippen molar-refractivity contribution in [2.75, 3.05) is 7.05 Å². The van der Waals surface area contributed by atoms with E-state index in [4.69, 9.17) is 0 Å². The average molecular weight is 302 g/mol. The molecule has 0 aliphatic heterocycles. The molecular weight excluding hydrogens is 280 g/mol. The van der Waals surface area contributed by atoms with Crippen LogP contribution >= 0.6 is 11.3 Å². The van der Waals surface area contributed by atoms with E-state index in [2.05, 4.69) is 17.0 Å². The summed E-state index contributed by atoms with van der Waals surface area (Å²) in [6.07, 6.45) is 4.23. The maximum Gasteiger partial charge on any atom is 0.241 e. The number of thiophene rings is 1. The molecule has 19 heavy (non-hydrogen) atoms. The van der Waals surface area contributed by atoms with E-state index in [-0.39, 0.29) is 6.04 Å². The summed E-state index contributed by atoms with van der Waals surface area (Å²) in [5, 5.41) is 4.85. The molecule has 0 radical (unpaired) electrons. The van der Waals surface area contributed by atoms with Crippen molar-refractivity contribution in [2.45, 2.75) is 50.1 Å². The zero-order valence-corrected chi connectivity index (χ0v) is 13.1. The van der Waals surface area contributed by atoms with Crippen molar-refractivity contribution in [3.8, 4) is 0 Å². The van der Waals surface area contributed by atoms with Crippen LogP contribution in [0.15, 0.2) is 16.3 Å². The van der Waals surface area contributed by atoms with Crippen molar-refractivity contribution in [2.24, 2.45) is 5.92 Å². The molecule has 1 aromatic heterocycles. The van der Waals surface area contributed by atoms with Crippen molar-refractivity contribution in [3.63, 3.8) is 0 Å². The lowest BCUT2D eigenvalue weighted by atomic mass is 9.88. The van der Waals surface area contributed by atoms with Crippen molar-refractivity contribution in [1.29, 1.82) is 0 Å². The second-order valence-corrected chi connectivity index (χ2v) is 8.01. The van der Waals surface area contributed by atoms with E-state index >= 15 is 0 Å². The fraction of sp³-hybridized carbons (Fsp3) is 0.692. The molecule has 4 nitrogen and oxygen atoms in total. The highest BCUT2D eigenvalue weighted by molar-refractivity contribution is 7.89. The highest BCUT2D eigenvalue weighted by atomic mass is 32.2. The minimum atomic E-state index is -3.37. The Kier molecular flexibility index (Phi) is 5.00. The first-order valence-electron chi connectivity index (χ1n) is 6.76. The predicted molar refractivity (Wildman–Crippen MR) is 78.8 cm³/mol. The minimum Gasteiger partial charge on any atom is -0.315 e. The maximum atomic E-state index is 12.4. The van der Waals surface area contributed by atoms with Gasteiger partial charge in [0.05, 0.1) is 4.90 Å². The third-order valence-corrected chi connectivity index (χ3v) is 6.24. The van der Waals surface area contributed by atoms with Crippen LogP contribution in [0.5, 0.6) is 0 Å². The molecule has 2 atom stereocenters. The lowest BCUT2D eigenvalue weighted by Crippen LogP contribution is -2.38. The van der Waals surface area contributed by atoms with E-state index < -0.39 is 10.0 Å². The van der Waals surface area contributed by atoms with E-state index in [0.717, 1.165) is 24.1 Å². The Morgan fingerprint density at radius 1 is 1.42 bits per heavy atom. The van der Waals surface area contributed by atoms with E-state index in [1.165, 1.54) is 17.8 Å². The van der Waals surface area contributed by atoms with Crippen molar-refractivity contribution >= 4 is 21.4 Å². The summed E-state index contributed by atoms with van der Waals surface area (Å²) in [5.41, 5.74) is 0. The zero-order valence-electron chi connectivity index (χ0n) is 11.5. The van der Waals surface area contributed by atoms with Gasteiger partial charge in [0.1, 0.15) is 0 Å². The van der Waals surface area contributed by atoms with Gasteiger partial charge in [0.15, 0.2) is 0 Å². The van der Waals surface area contributed by atoms with Gasteiger partial charge in [-0.05, 0) is 37.3 Å². The molecule has 0 saturated heterocycles. The van der Waals surface area contributed by atoms with Gasteiger partial charge in [0, 0.05) is 17.5 Å². The largest absolute Gasteiger partial charge is 0.315 e. The second-order valence-electron chi connectivity index (χ2n) is 5.33. The molecule has 0 bridgehead atoms. The summed E-state index contributed by atoms with van der Waals surface area (Å²) < 4.78 is 27.7. The summed E-state index contributed by atoms with van der Waals surface area (Å²) >= 11 is 1.48. The van der Waals surface area contributed by atoms with Crippen LogP contribution in [-0.2, 0) is 16.6 Å². The van der Waals surface area contributed by atoms with Crippen LogP contribution in [0.3, 0.4) is 0 Å². The highest BCUT2D eigenvalue weighted by Crippen LogP contribution is 2.27. The van der Waals surface area contributed by atoms with Gasteiger partial charge in [-0.1, -0.05) is 19.8 Å². The van der Waals surface area contributed by atoms with Crippen LogP contribution in [-0.4, -0.2) is 21.5 Å². The van der Waals surface area contributed by atoms with Gasteiger partial charge in [-0.2, -0.15) is 0 Å². The molecule has 2 N–H and O–H groups in total. The topological polar surface area (TPSA) is 58.2 Å². The average Bonchev–Trinajstić information content (AvgIpc) is 2.78. The molecule has 1 aliphatic rings. The van der Waals surface area contributed by atoms with Crippen LogP contribution in [0.1, 0.15) is 37.5 Å². The number of hydrogen-bond donors (Lipinski definition) is 2. The molecule has 1 fully saturated rings. The second kappa shape index (κ2) is 6.35. The monoisotopic (exact) mass is 302 g/mol. The van der Waals surface area contributed by atoms with Crippen LogP contribution in [0.4, 0.5) is 0 Å². The standard InChI is InChI=1S/C13H22N2O2S2/c1-10-4-3-5-11(8-10)15-19(16,17)13-6-7-18-12(13)9-14-2/h6-7,10-11,14-15H,3-5,8-9H2,1-2H3. The van der Waals surface area contributed by atoms with Gasteiger partial charge in [-0.25, -0.2) is 13.1 Å². The van der Waals surface area contributed by atoms with Gasteiger partial charge in [0.25, 0.3) is 0 Å². The predicted octanol–water partition coefficient (Wildman–Crippen LogP) is 2.32. The molecule has 1 aromatic rings. The maximum absolute atomic E-state index is 12.4. The Morgan fingerprint density at radius 2 is 2.21 bits per heavy atom. The first kappa shape index (κ1) is 15.0. The van der Waals surface area contributed by atoms with Gasteiger partial charge < -0.3 is 5.32 Å². The Hall–Kier alpha value is -0.430. The fourth-order valence-electron chi connectivity index (χ4n) is 2.68. The van der Waals surface area contributed by atoms with Crippen LogP contribution in [0.25, 0.3) is 0 Å². The summed E-state index contributed by atoms with van der Waals surface area (Å²) in [4.78, 5) is 1.31. The molecule has 0 spiro atoms. The quantitative estimate of drug-likeness (QED) is 0.877. The Balaban J connectivity index is 2.11. The first-order chi connectivity index (χ1) is 9.03. The summed E-state index contributed by atoms with van der Waals surface area (Å²) in [6, 6.07) is 1.79. The van der Waals surface area contributed by atoms with Crippen molar-refractivity contribution in [3.05, 3.63) is 16.3 Å². The molecule has 0 amide bonds. The molecule has 6 heteroatoms. The molecular formula is C13H22N2O2S2. The van der Waals surface area contributed by atoms with Crippen LogP contribution in [0, 0.1) is 5.92 Å². The Morgan fingerprint density at radius 3 is 2.89 bits per heavy atom. The number of hydrogen-bond acceptors (Lipinski definition) is 4. The number of sulfonamides is 1. The molecule has 1 aliphatic carbocycles. The van der Waals surface area contributed by atoms with Crippen molar-refractivity contribution < 1.29 is 8.42 Å². The number of nitrogens with one attached hydrogen (secondary N) is 2. The summed E-state index contributed by atoms with van der Waals surface area (Å²) in [6.45, 7) is 2.78. The van der Waals surface area contributed by atoms with Gasteiger partial charge >= 0.3 is 0 Å². The van der Waals surface area contributed by atoms with Crippen LogP contribution < -0.4 is 10.0 Å². The summed E-state index contributed by atoms with van der Waals surface area (Å²) in [7, 11) is -1.55. The third kappa shape index (κ3) is 3.78. The number of rotatable bonds is 5. The minimum absolute atomic E-state index is 0.0936. The highest BCUT2D eigenvalue weighted by Gasteiger charge is 2.26. The molecule has 0 aromatic carbocycles. The third-order valence-electron chi connectivity index (χ3n) is 3.59.